The maximum atomic E-state index is 10.3. The summed E-state index contributed by atoms with van der Waals surface area (Å²) in [6.07, 6.45) is 4.44. The fraction of sp³-hybridized carbons (Fsp3) is 0.417. The molecule has 0 bridgehead atoms. The second-order valence-electron chi connectivity index (χ2n) is 3.78. The fourth-order valence-corrected chi connectivity index (χ4v) is 1.15. The molecular formula is C12H17NO2. The van der Waals surface area contributed by atoms with Crippen molar-refractivity contribution in [3.8, 4) is 0 Å². The first-order valence-corrected chi connectivity index (χ1v) is 5.22. The van der Waals surface area contributed by atoms with Crippen LogP contribution < -0.4 is 5.73 Å². The maximum Gasteiger partial charge on any atom is 0.335 e. The molecule has 0 aliphatic heterocycles. The van der Waals surface area contributed by atoms with Crippen molar-refractivity contribution >= 4 is 11.7 Å². The van der Waals surface area contributed by atoms with Crippen LogP contribution in [0.5, 0.6) is 0 Å². The highest BCUT2D eigenvalue weighted by atomic mass is 16.4. The number of hydrogen-bond donors (Lipinski definition) is 2. The largest absolute Gasteiger partial charge is 0.478 e. The molecule has 1 aliphatic rings. The Morgan fingerprint density at radius 2 is 1.93 bits per heavy atom. The van der Waals surface area contributed by atoms with E-state index >= 15 is 0 Å². The average molecular weight is 207 g/mol. The number of rotatable bonds is 2. The molecule has 1 aromatic carbocycles. The zero-order valence-electron chi connectivity index (χ0n) is 8.94. The van der Waals surface area contributed by atoms with E-state index in [1.54, 1.807) is 12.1 Å². The third kappa shape index (κ3) is 4.49. The van der Waals surface area contributed by atoms with Crippen LogP contribution in [0.4, 0.5) is 5.69 Å². The molecule has 0 saturated heterocycles. The predicted molar refractivity (Wildman–Crippen MR) is 60.8 cm³/mol. The number of nitrogen functional groups attached to an aromatic ring is 1. The van der Waals surface area contributed by atoms with Crippen LogP contribution in [0.1, 0.15) is 36.5 Å². The van der Waals surface area contributed by atoms with Gasteiger partial charge in [-0.1, -0.05) is 26.2 Å². The van der Waals surface area contributed by atoms with Gasteiger partial charge in [-0.05, 0) is 30.2 Å². The van der Waals surface area contributed by atoms with Gasteiger partial charge < -0.3 is 10.8 Å². The summed E-state index contributed by atoms with van der Waals surface area (Å²) < 4.78 is 0. The van der Waals surface area contributed by atoms with E-state index in [1.807, 2.05) is 0 Å². The summed E-state index contributed by atoms with van der Waals surface area (Å²) in [6.45, 7) is 2.26. The zero-order valence-corrected chi connectivity index (χ0v) is 8.94. The van der Waals surface area contributed by atoms with Crippen molar-refractivity contribution in [1.82, 2.24) is 0 Å². The molecule has 0 atom stereocenters. The van der Waals surface area contributed by atoms with Crippen molar-refractivity contribution < 1.29 is 9.90 Å². The number of benzene rings is 1. The van der Waals surface area contributed by atoms with Gasteiger partial charge in [0, 0.05) is 5.69 Å². The van der Waals surface area contributed by atoms with Crippen molar-refractivity contribution in [3.05, 3.63) is 29.8 Å². The lowest BCUT2D eigenvalue weighted by Gasteiger charge is -1.93. The number of carboxylic acids is 1. The Kier molecular flexibility index (Phi) is 4.16. The quantitative estimate of drug-likeness (QED) is 0.733. The van der Waals surface area contributed by atoms with Gasteiger partial charge in [0.15, 0.2) is 0 Å². The molecule has 0 heterocycles. The number of anilines is 1. The molecule has 3 N–H and O–H groups in total. The lowest BCUT2D eigenvalue weighted by Crippen LogP contribution is -1.95. The van der Waals surface area contributed by atoms with Crippen LogP contribution in [0.2, 0.25) is 0 Å². The topological polar surface area (TPSA) is 63.3 Å². The Morgan fingerprint density at radius 3 is 2.20 bits per heavy atom. The minimum Gasteiger partial charge on any atom is -0.478 e. The highest BCUT2D eigenvalue weighted by molar-refractivity contribution is 5.87. The van der Waals surface area contributed by atoms with Crippen LogP contribution in [0.15, 0.2) is 24.3 Å². The smallest absolute Gasteiger partial charge is 0.335 e. The first-order valence-electron chi connectivity index (χ1n) is 5.22. The van der Waals surface area contributed by atoms with Crippen molar-refractivity contribution in [1.29, 1.82) is 0 Å². The van der Waals surface area contributed by atoms with Crippen LogP contribution >= 0.6 is 0 Å². The maximum absolute atomic E-state index is 10.3. The van der Waals surface area contributed by atoms with Crippen LogP contribution in [0, 0.1) is 5.92 Å². The molecule has 1 aliphatic carbocycles. The summed E-state index contributed by atoms with van der Waals surface area (Å²) >= 11 is 0. The molecular weight excluding hydrogens is 190 g/mol. The summed E-state index contributed by atoms with van der Waals surface area (Å²) in [5.74, 6) is 0.204. The lowest BCUT2D eigenvalue weighted by molar-refractivity contribution is 0.0697. The van der Waals surface area contributed by atoms with E-state index < -0.39 is 5.97 Å². The van der Waals surface area contributed by atoms with E-state index in [-0.39, 0.29) is 5.56 Å². The minimum absolute atomic E-state index is 0.259. The van der Waals surface area contributed by atoms with Gasteiger partial charge >= 0.3 is 5.97 Å². The van der Waals surface area contributed by atoms with Crippen molar-refractivity contribution in [2.24, 2.45) is 5.92 Å². The van der Waals surface area contributed by atoms with Crippen LogP contribution in [0.3, 0.4) is 0 Å². The molecule has 1 fully saturated rings. The molecule has 2 rings (SSSR count). The Morgan fingerprint density at radius 1 is 1.40 bits per heavy atom. The van der Waals surface area contributed by atoms with Crippen LogP contribution in [0.25, 0.3) is 0 Å². The number of carboxylic acid groups (broad SMARTS) is 1. The van der Waals surface area contributed by atoms with Gasteiger partial charge in [0.1, 0.15) is 0 Å². The van der Waals surface area contributed by atoms with Gasteiger partial charge in [0.25, 0.3) is 0 Å². The van der Waals surface area contributed by atoms with Crippen LogP contribution in [-0.2, 0) is 0 Å². The second-order valence-corrected chi connectivity index (χ2v) is 3.78. The number of nitrogens with two attached hydrogens (primary N) is 1. The number of hydrogen-bond acceptors (Lipinski definition) is 2. The third-order valence-corrected chi connectivity index (χ3v) is 2.43. The van der Waals surface area contributed by atoms with Crippen molar-refractivity contribution in [3.63, 3.8) is 0 Å². The van der Waals surface area contributed by atoms with E-state index in [1.165, 1.54) is 31.4 Å². The summed E-state index contributed by atoms with van der Waals surface area (Å²) in [4.78, 5) is 10.3. The molecule has 3 nitrogen and oxygen atoms in total. The van der Waals surface area contributed by atoms with Gasteiger partial charge in [-0.2, -0.15) is 0 Å². The molecule has 0 aromatic heterocycles. The number of aromatic carboxylic acids is 1. The van der Waals surface area contributed by atoms with E-state index in [9.17, 15) is 4.79 Å². The van der Waals surface area contributed by atoms with E-state index in [2.05, 4.69) is 6.92 Å². The van der Waals surface area contributed by atoms with Gasteiger partial charge in [-0.25, -0.2) is 4.79 Å². The van der Waals surface area contributed by atoms with Gasteiger partial charge in [0.05, 0.1) is 5.56 Å². The Balaban J connectivity index is 0.000000187. The normalized spacial score (nSPS) is 13.9. The summed E-state index contributed by atoms with van der Waals surface area (Å²) in [5.41, 5.74) is 6.17. The highest BCUT2D eigenvalue weighted by Gasteiger charge is 2.17. The highest BCUT2D eigenvalue weighted by Crippen LogP contribution is 2.31. The molecule has 3 heteroatoms. The first kappa shape index (κ1) is 11.6. The molecule has 0 amide bonds. The van der Waals surface area contributed by atoms with Gasteiger partial charge in [-0.15, -0.1) is 0 Å². The second kappa shape index (κ2) is 5.39. The Bertz CT molecular complexity index is 315. The molecule has 0 spiro atoms. The molecule has 82 valence electrons. The monoisotopic (exact) mass is 207 g/mol. The van der Waals surface area contributed by atoms with E-state index in [0.717, 1.165) is 5.92 Å². The van der Waals surface area contributed by atoms with Gasteiger partial charge in [0.2, 0.25) is 0 Å². The lowest BCUT2D eigenvalue weighted by atomic mass is 10.2. The standard InChI is InChI=1S/C7H7NO2.C5H10/c8-6-3-1-5(2-4-6)7(9)10;1-2-5-3-4-5/h1-4H,8H2,(H,9,10);5H,2-4H2,1H3. The Hall–Kier alpha value is -1.51. The molecule has 0 radical (unpaired) electrons. The number of carbonyl (C=O) groups is 1. The molecule has 15 heavy (non-hydrogen) atoms. The van der Waals surface area contributed by atoms with Crippen LogP contribution in [-0.4, -0.2) is 11.1 Å². The molecule has 1 saturated carbocycles. The summed E-state index contributed by atoms with van der Waals surface area (Å²) in [7, 11) is 0. The fourth-order valence-electron chi connectivity index (χ4n) is 1.15. The summed E-state index contributed by atoms with van der Waals surface area (Å²) in [5, 5.41) is 8.43. The average Bonchev–Trinajstić information content (AvgIpc) is 3.02. The van der Waals surface area contributed by atoms with Gasteiger partial charge in [-0.3, -0.25) is 0 Å². The van der Waals surface area contributed by atoms with Crippen molar-refractivity contribution in [2.75, 3.05) is 5.73 Å². The van der Waals surface area contributed by atoms with Crippen molar-refractivity contribution in [2.45, 2.75) is 26.2 Å². The van der Waals surface area contributed by atoms with E-state index in [4.69, 9.17) is 10.8 Å². The predicted octanol–water partition coefficient (Wildman–Crippen LogP) is 2.77. The van der Waals surface area contributed by atoms with E-state index in [0.29, 0.717) is 5.69 Å². The Labute approximate surface area is 89.9 Å². The first-order chi connectivity index (χ1) is 7.13. The minimum atomic E-state index is -0.931. The SMILES string of the molecule is CCC1CC1.Nc1ccc(C(=O)O)cc1. The molecule has 1 aromatic rings. The zero-order chi connectivity index (χ0) is 11.3. The third-order valence-electron chi connectivity index (χ3n) is 2.43. The summed E-state index contributed by atoms with van der Waals surface area (Å²) in [6, 6.07) is 6.06. The molecule has 0 unspecified atom stereocenters.